The maximum absolute atomic E-state index is 13.1. The largest absolute Gasteiger partial charge is 0.483 e. The van der Waals surface area contributed by atoms with Crippen LogP contribution in [0.1, 0.15) is 55.6 Å². The Labute approximate surface area is 183 Å². The lowest BCUT2D eigenvalue weighted by molar-refractivity contribution is -0.140. The topological polar surface area (TPSA) is 109 Å². The van der Waals surface area contributed by atoms with E-state index in [9.17, 15) is 18.5 Å². The Morgan fingerprint density at radius 3 is 2.68 bits per heavy atom. The number of benzene rings is 1. The number of carbonyl (C=O) groups is 1. The highest BCUT2D eigenvalue weighted by atomic mass is 32.2. The minimum atomic E-state index is -3.41. The maximum atomic E-state index is 13.1. The quantitative estimate of drug-likeness (QED) is 0.742. The van der Waals surface area contributed by atoms with Crippen molar-refractivity contribution in [3.63, 3.8) is 0 Å². The highest BCUT2D eigenvalue weighted by Gasteiger charge is 2.37. The third-order valence-electron chi connectivity index (χ3n) is 6.57. The molecule has 1 N–H and O–H groups in total. The molecule has 3 aliphatic heterocycles. The summed E-state index contributed by atoms with van der Waals surface area (Å²) in [7, 11) is -3.41. The molecule has 5 rings (SSSR count). The highest BCUT2D eigenvalue weighted by Crippen LogP contribution is 2.39. The van der Waals surface area contributed by atoms with Gasteiger partial charge in [0, 0.05) is 12.6 Å². The molecular formula is C22H29N3O5S. The van der Waals surface area contributed by atoms with Crippen molar-refractivity contribution in [2.24, 2.45) is 0 Å². The van der Waals surface area contributed by atoms with Gasteiger partial charge in [-0.05, 0) is 68.2 Å². The van der Waals surface area contributed by atoms with Gasteiger partial charge in [-0.3, -0.25) is 4.79 Å². The lowest BCUT2D eigenvalue weighted by Gasteiger charge is -2.41. The van der Waals surface area contributed by atoms with E-state index in [0.717, 1.165) is 37.5 Å². The molecule has 2 fully saturated rings. The van der Waals surface area contributed by atoms with Crippen molar-refractivity contribution in [3.8, 4) is 11.8 Å². The van der Waals surface area contributed by atoms with Crippen LogP contribution in [0.15, 0.2) is 18.2 Å². The number of sulfonamides is 1. The number of nitrogens with zero attached hydrogens (tertiary/aromatic N) is 2. The monoisotopic (exact) mass is 447 g/mol. The Bertz CT molecular complexity index is 966. The predicted octanol–water partition coefficient (Wildman–Crippen LogP) is 1.90. The fourth-order valence-corrected chi connectivity index (χ4v) is 5.88. The first-order valence-electron chi connectivity index (χ1n) is 10.9. The molecule has 3 heterocycles. The van der Waals surface area contributed by atoms with Crippen LogP contribution < -0.4 is 9.46 Å². The minimum Gasteiger partial charge on any atom is -0.483 e. The Kier molecular flexibility index (Phi) is 6.51. The first-order valence-corrected chi connectivity index (χ1v) is 12.8. The van der Waals surface area contributed by atoms with Gasteiger partial charge in [0.05, 0.1) is 36.6 Å². The summed E-state index contributed by atoms with van der Waals surface area (Å²) in [5.41, 5.74) is 1.57. The molecule has 2 atom stereocenters. The van der Waals surface area contributed by atoms with E-state index in [1.165, 1.54) is 0 Å². The number of rotatable bonds is 2. The van der Waals surface area contributed by atoms with Crippen molar-refractivity contribution in [1.82, 2.24) is 9.62 Å². The number of nitriles is 1. The van der Waals surface area contributed by atoms with Crippen LogP contribution in [-0.2, 0) is 19.6 Å². The molecule has 1 aromatic carbocycles. The summed E-state index contributed by atoms with van der Waals surface area (Å²) in [5, 5.41) is 9.31. The smallest absolute Gasteiger partial charge is 0.260 e. The predicted molar refractivity (Wildman–Crippen MR) is 114 cm³/mol. The lowest BCUT2D eigenvalue weighted by atomic mass is 9.82. The van der Waals surface area contributed by atoms with E-state index in [1.54, 1.807) is 17.0 Å². The van der Waals surface area contributed by atoms with Gasteiger partial charge >= 0.3 is 0 Å². The van der Waals surface area contributed by atoms with E-state index in [4.69, 9.17) is 9.47 Å². The van der Waals surface area contributed by atoms with Gasteiger partial charge in [-0.2, -0.15) is 5.26 Å². The molecule has 1 saturated carbocycles. The Hall–Kier alpha value is -2.15. The van der Waals surface area contributed by atoms with Crippen LogP contribution in [-0.4, -0.2) is 63.4 Å². The highest BCUT2D eigenvalue weighted by molar-refractivity contribution is 7.88. The summed E-state index contributed by atoms with van der Waals surface area (Å²) >= 11 is 0. The summed E-state index contributed by atoms with van der Waals surface area (Å²) in [6, 6.07) is 6.82. The summed E-state index contributed by atoms with van der Waals surface area (Å²) in [5.74, 6) is 0.729. The van der Waals surface area contributed by atoms with Crippen LogP contribution >= 0.6 is 0 Å². The van der Waals surface area contributed by atoms with Crippen molar-refractivity contribution >= 4 is 15.9 Å². The van der Waals surface area contributed by atoms with Crippen LogP contribution in [0.4, 0.5) is 0 Å². The molecule has 0 spiro atoms. The van der Waals surface area contributed by atoms with Gasteiger partial charge in [-0.15, -0.1) is 0 Å². The molecule has 8 nitrogen and oxygen atoms in total. The molecule has 4 aliphatic rings. The van der Waals surface area contributed by atoms with Crippen LogP contribution in [0.5, 0.6) is 5.75 Å². The van der Waals surface area contributed by atoms with Gasteiger partial charge in [0.15, 0.2) is 6.61 Å². The number of fused-ring (bicyclic) bond motifs is 5. The van der Waals surface area contributed by atoms with Crippen molar-refractivity contribution in [2.75, 3.05) is 26.0 Å². The van der Waals surface area contributed by atoms with Crippen LogP contribution in [0, 0.1) is 11.3 Å². The van der Waals surface area contributed by atoms with Crippen molar-refractivity contribution < 1.29 is 22.7 Å². The average molecular weight is 448 g/mol. The summed E-state index contributed by atoms with van der Waals surface area (Å²) in [6.07, 6.45) is 6.20. The van der Waals surface area contributed by atoms with E-state index in [2.05, 4.69) is 10.8 Å². The van der Waals surface area contributed by atoms with Crippen molar-refractivity contribution in [3.05, 3.63) is 29.3 Å². The van der Waals surface area contributed by atoms with Crippen molar-refractivity contribution in [2.45, 2.75) is 62.6 Å². The van der Waals surface area contributed by atoms with E-state index in [-0.39, 0.29) is 36.6 Å². The second kappa shape index (κ2) is 9.15. The molecule has 1 unspecified atom stereocenters. The third-order valence-corrected chi connectivity index (χ3v) is 7.30. The standard InChI is InChI=1S/C22H29N3O5S/c1-31(27,28)24-19-3-2-10-25-20(19)13-29-17-7-5-16(6-8-17)18-11-15(12-23)4-9-21(18)30-14-22(25)26/h4,9,11,16-17,19-20,24H,2-3,5-8,10,13-14H2,1H3/t16?,17?,19-,20?/m0/s1. The van der Waals surface area contributed by atoms with Gasteiger partial charge in [0.2, 0.25) is 10.0 Å². The van der Waals surface area contributed by atoms with E-state index >= 15 is 0 Å². The summed E-state index contributed by atoms with van der Waals surface area (Å²) in [6.45, 7) is 0.725. The van der Waals surface area contributed by atoms with Gasteiger partial charge in [0.1, 0.15) is 5.75 Å². The Balaban J connectivity index is 1.63. The molecule has 1 amide bonds. The zero-order chi connectivity index (χ0) is 22.0. The molecule has 1 saturated heterocycles. The second-order valence-electron chi connectivity index (χ2n) is 8.75. The third kappa shape index (κ3) is 5.20. The number of nitrogens with one attached hydrogen (secondary N) is 1. The van der Waals surface area contributed by atoms with Crippen LogP contribution in [0.2, 0.25) is 0 Å². The maximum Gasteiger partial charge on any atom is 0.260 e. The SMILES string of the molecule is CS(=O)(=O)N[C@H]1CCCN2C(=O)COc3ccc(C#N)cc3C3CCC(CC3)OCC12. The second-order valence-corrected chi connectivity index (χ2v) is 10.5. The molecule has 168 valence electrons. The Morgan fingerprint density at radius 2 is 1.97 bits per heavy atom. The Morgan fingerprint density at radius 1 is 1.19 bits per heavy atom. The lowest BCUT2D eigenvalue weighted by Crippen LogP contribution is -2.59. The van der Waals surface area contributed by atoms with Gasteiger partial charge in [0.25, 0.3) is 5.91 Å². The molecule has 0 radical (unpaired) electrons. The molecule has 9 heteroatoms. The number of ether oxygens (including phenoxy) is 2. The fourth-order valence-electron chi connectivity index (χ4n) is 5.05. The summed E-state index contributed by atoms with van der Waals surface area (Å²) < 4.78 is 38.7. The zero-order valence-corrected chi connectivity index (χ0v) is 18.6. The molecule has 2 bridgehead atoms. The first-order chi connectivity index (χ1) is 14.8. The summed E-state index contributed by atoms with van der Waals surface area (Å²) in [4.78, 5) is 14.8. The molecule has 31 heavy (non-hydrogen) atoms. The molecule has 0 aromatic heterocycles. The number of amides is 1. The first kappa shape index (κ1) is 22.1. The van der Waals surface area contributed by atoms with Crippen LogP contribution in [0.3, 0.4) is 0 Å². The normalized spacial score (nSPS) is 29.4. The number of carbonyl (C=O) groups excluding carboxylic acids is 1. The minimum absolute atomic E-state index is 0.0817. The number of hydrogen-bond acceptors (Lipinski definition) is 6. The molecular weight excluding hydrogens is 418 g/mol. The number of piperidine rings is 1. The van der Waals surface area contributed by atoms with E-state index < -0.39 is 10.0 Å². The van der Waals surface area contributed by atoms with E-state index in [0.29, 0.717) is 37.3 Å². The van der Waals surface area contributed by atoms with E-state index in [1.807, 2.05) is 6.07 Å². The van der Waals surface area contributed by atoms with Crippen molar-refractivity contribution in [1.29, 1.82) is 5.26 Å². The number of hydrogen-bond donors (Lipinski definition) is 1. The van der Waals surface area contributed by atoms with Crippen LogP contribution in [0.25, 0.3) is 0 Å². The zero-order valence-electron chi connectivity index (χ0n) is 17.7. The van der Waals surface area contributed by atoms with Gasteiger partial charge in [-0.1, -0.05) is 0 Å². The molecule has 1 aliphatic carbocycles. The molecule has 1 aromatic rings. The van der Waals surface area contributed by atoms with Gasteiger partial charge in [-0.25, -0.2) is 13.1 Å². The average Bonchev–Trinajstić information content (AvgIpc) is 2.76. The fraction of sp³-hybridized carbons (Fsp3) is 0.636. The van der Waals surface area contributed by atoms with Gasteiger partial charge < -0.3 is 14.4 Å².